The predicted molar refractivity (Wildman–Crippen MR) is 194 cm³/mol. The summed E-state index contributed by atoms with van der Waals surface area (Å²) in [5.74, 6) is 0.383. The SMILES string of the molecule is CC(C)CN(CC[C@@H](N)/C=C/Cc1ccc([N+](=O)[O-])cc1)S(=O)(=O)c1ccc(OCP(=O)(OCc2ccccc2)OCc2ccccc2)cc1. The van der Waals surface area contributed by atoms with Crippen LogP contribution in [0.2, 0.25) is 0 Å². The third-order valence-corrected chi connectivity index (χ3v) is 10.9. The van der Waals surface area contributed by atoms with E-state index in [2.05, 4.69) is 0 Å². The number of nitrogens with zero attached hydrogens (tertiary/aromatic N) is 2. The van der Waals surface area contributed by atoms with Crippen LogP contribution >= 0.6 is 7.60 Å². The van der Waals surface area contributed by atoms with Gasteiger partial charge in [-0.1, -0.05) is 98.8 Å². The number of nitro groups is 1. The standard InChI is InChI=1S/C37H44N3O8PS/c1-30(2)26-39(25-24-34(38)15-9-14-31-16-18-35(19-17-31)40(41)42)50(44,45)37-22-20-36(21-23-37)46-29-49(43,47-27-32-10-5-3-6-11-32)48-28-33-12-7-4-8-13-33/h3-13,15-23,30,34H,14,24-29,38H2,1-2H3/b15-9+/t34-/m0/s1. The molecule has 0 aliphatic carbocycles. The molecular weight excluding hydrogens is 677 g/mol. The number of benzene rings is 4. The Morgan fingerprint density at radius 2 is 1.40 bits per heavy atom. The summed E-state index contributed by atoms with van der Waals surface area (Å²) in [5.41, 5.74) is 8.89. The molecule has 0 aliphatic heterocycles. The summed E-state index contributed by atoms with van der Waals surface area (Å²) < 4.78 is 60.0. The van der Waals surface area contributed by atoms with Gasteiger partial charge in [-0.2, -0.15) is 4.31 Å². The fraction of sp³-hybridized carbons (Fsp3) is 0.297. The molecule has 0 bridgehead atoms. The largest absolute Gasteiger partial charge is 0.481 e. The number of hydrogen-bond acceptors (Lipinski definition) is 9. The molecule has 1 atom stereocenters. The molecule has 2 N–H and O–H groups in total. The Morgan fingerprint density at radius 1 is 0.840 bits per heavy atom. The maximum absolute atomic E-state index is 13.7. The van der Waals surface area contributed by atoms with Crippen molar-refractivity contribution in [2.24, 2.45) is 11.7 Å². The van der Waals surface area contributed by atoms with Gasteiger partial charge in [0.2, 0.25) is 10.0 Å². The number of non-ortho nitro benzene ring substituents is 1. The molecule has 266 valence electrons. The summed E-state index contributed by atoms with van der Waals surface area (Å²) in [5, 5.41) is 10.9. The van der Waals surface area contributed by atoms with Crippen molar-refractivity contribution in [1.29, 1.82) is 0 Å². The average Bonchev–Trinajstić information content (AvgIpc) is 3.12. The van der Waals surface area contributed by atoms with Crippen molar-refractivity contribution in [2.45, 2.75) is 50.8 Å². The van der Waals surface area contributed by atoms with Crippen molar-refractivity contribution < 1.29 is 31.7 Å². The summed E-state index contributed by atoms with van der Waals surface area (Å²) in [7, 11) is -7.60. The lowest BCUT2D eigenvalue weighted by Gasteiger charge is -2.25. The Labute approximate surface area is 294 Å². The van der Waals surface area contributed by atoms with Crippen LogP contribution in [-0.2, 0) is 43.3 Å². The second-order valence-corrected chi connectivity index (χ2v) is 16.1. The van der Waals surface area contributed by atoms with Crippen molar-refractivity contribution in [2.75, 3.05) is 19.4 Å². The smallest absolute Gasteiger partial charge is 0.368 e. The second-order valence-electron chi connectivity index (χ2n) is 12.1. The Hall–Kier alpha value is -4.16. The Kier molecular flexibility index (Phi) is 14.5. The molecule has 0 heterocycles. The van der Waals surface area contributed by atoms with Gasteiger partial charge in [-0.15, -0.1) is 0 Å². The van der Waals surface area contributed by atoms with Gasteiger partial charge in [-0.3, -0.25) is 14.7 Å². The van der Waals surface area contributed by atoms with Crippen LogP contribution in [0.4, 0.5) is 5.69 Å². The highest BCUT2D eigenvalue weighted by molar-refractivity contribution is 7.89. The molecule has 4 rings (SSSR count). The zero-order chi connectivity index (χ0) is 36.0. The van der Waals surface area contributed by atoms with Crippen LogP contribution in [0.3, 0.4) is 0 Å². The number of nitro benzene ring substituents is 1. The van der Waals surface area contributed by atoms with Gasteiger partial charge in [0.15, 0.2) is 6.35 Å². The van der Waals surface area contributed by atoms with Crippen molar-refractivity contribution >= 4 is 23.3 Å². The van der Waals surface area contributed by atoms with E-state index in [1.54, 1.807) is 12.1 Å². The topological polar surface area (TPSA) is 151 Å². The monoisotopic (exact) mass is 721 g/mol. The quantitative estimate of drug-likeness (QED) is 0.0419. The van der Waals surface area contributed by atoms with E-state index in [1.807, 2.05) is 86.7 Å². The predicted octanol–water partition coefficient (Wildman–Crippen LogP) is 7.72. The fourth-order valence-corrected chi connectivity index (χ4v) is 7.70. The van der Waals surface area contributed by atoms with E-state index in [1.165, 1.54) is 40.7 Å². The van der Waals surface area contributed by atoms with Crippen molar-refractivity contribution in [1.82, 2.24) is 4.31 Å². The molecule has 0 aliphatic rings. The summed E-state index contributed by atoms with van der Waals surface area (Å²) in [6, 6.07) is 30.5. The highest BCUT2D eigenvalue weighted by Crippen LogP contribution is 2.49. The molecule has 50 heavy (non-hydrogen) atoms. The lowest BCUT2D eigenvalue weighted by atomic mass is 10.1. The Morgan fingerprint density at radius 3 is 1.92 bits per heavy atom. The first kappa shape index (κ1) is 38.6. The minimum Gasteiger partial charge on any atom is -0.481 e. The van der Waals surface area contributed by atoms with Gasteiger partial charge in [0, 0.05) is 31.3 Å². The van der Waals surface area contributed by atoms with E-state index in [0.29, 0.717) is 25.1 Å². The first-order valence-corrected chi connectivity index (χ1v) is 19.4. The number of hydrogen-bond donors (Lipinski definition) is 1. The maximum atomic E-state index is 13.7. The van der Waals surface area contributed by atoms with E-state index in [0.717, 1.165) is 16.7 Å². The van der Waals surface area contributed by atoms with Crippen LogP contribution in [-0.4, -0.2) is 43.1 Å². The first-order chi connectivity index (χ1) is 23.9. The van der Waals surface area contributed by atoms with Crippen LogP contribution in [0, 0.1) is 16.0 Å². The second kappa shape index (κ2) is 18.7. The first-order valence-electron chi connectivity index (χ1n) is 16.3. The lowest BCUT2D eigenvalue weighted by molar-refractivity contribution is -0.384. The minimum absolute atomic E-state index is 0.0297. The molecule has 0 unspecified atom stereocenters. The molecule has 0 fully saturated rings. The van der Waals surface area contributed by atoms with Crippen LogP contribution in [0.1, 0.15) is 37.0 Å². The van der Waals surface area contributed by atoms with Gasteiger partial charge in [-0.05, 0) is 59.7 Å². The summed E-state index contributed by atoms with van der Waals surface area (Å²) >= 11 is 0. The Bertz CT molecular complexity index is 1780. The highest BCUT2D eigenvalue weighted by atomic mass is 32.2. The molecule has 0 amide bonds. The molecule has 0 saturated carbocycles. The third-order valence-electron chi connectivity index (χ3n) is 7.56. The third kappa shape index (κ3) is 12.3. The average molecular weight is 722 g/mol. The number of sulfonamides is 1. The van der Waals surface area contributed by atoms with E-state index >= 15 is 0 Å². The van der Waals surface area contributed by atoms with Gasteiger partial charge in [0.1, 0.15) is 5.75 Å². The Balaban J connectivity index is 1.36. The number of rotatable bonds is 20. The fourth-order valence-electron chi connectivity index (χ4n) is 4.86. The number of nitrogens with two attached hydrogens (primary N) is 1. The number of ether oxygens (including phenoxy) is 1. The van der Waals surface area contributed by atoms with E-state index in [4.69, 9.17) is 19.5 Å². The normalized spacial score (nSPS) is 12.8. The van der Waals surface area contributed by atoms with Crippen molar-refractivity contribution in [3.8, 4) is 5.75 Å². The molecule has 11 nitrogen and oxygen atoms in total. The molecule has 0 aromatic heterocycles. The van der Waals surface area contributed by atoms with Crippen LogP contribution < -0.4 is 10.5 Å². The van der Waals surface area contributed by atoms with Crippen LogP contribution in [0.5, 0.6) is 5.75 Å². The van der Waals surface area contributed by atoms with Gasteiger partial charge in [0.05, 0.1) is 23.0 Å². The molecule has 4 aromatic carbocycles. The molecule has 13 heteroatoms. The number of allylic oxidation sites excluding steroid dienone is 1. The van der Waals surface area contributed by atoms with E-state index in [-0.39, 0.29) is 42.6 Å². The summed E-state index contributed by atoms with van der Waals surface area (Å²) in [6.07, 6.45) is 4.27. The maximum Gasteiger partial charge on any atom is 0.368 e. The van der Waals surface area contributed by atoms with Gasteiger partial charge < -0.3 is 19.5 Å². The van der Waals surface area contributed by atoms with Crippen LogP contribution in [0.25, 0.3) is 0 Å². The highest BCUT2D eigenvalue weighted by Gasteiger charge is 2.28. The van der Waals surface area contributed by atoms with Crippen molar-refractivity contribution in [3.63, 3.8) is 0 Å². The van der Waals surface area contributed by atoms with Crippen LogP contribution in [0.15, 0.2) is 126 Å². The van der Waals surface area contributed by atoms with E-state index in [9.17, 15) is 23.1 Å². The molecule has 0 saturated heterocycles. The molecular formula is C37H44N3O8PS. The minimum atomic E-state index is -3.87. The zero-order valence-corrected chi connectivity index (χ0v) is 30.0. The van der Waals surface area contributed by atoms with E-state index < -0.39 is 28.6 Å². The molecule has 0 spiro atoms. The summed E-state index contributed by atoms with van der Waals surface area (Å²) in [4.78, 5) is 10.5. The molecule has 0 radical (unpaired) electrons. The zero-order valence-electron chi connectivity index (χ0n) is 28.2. The lowest BCUT2D eigenvalue weighted by Crippen LogP contribution is -2.37. The molecule has 4 aromatic rings. The van der Waals surface area contributed by atoms with Crippen molar-refractivity contribution in [3.05, 3.63) is 148 Å². The van der Waals surface area contributed by atoms with Gasteiger partial charge >= 0.3 is 7.60 Å². The summed E-state index contributed by atoms with van der Waals surface area (Å²) in [6.45, 7) is 4.54. The van der Waals surface area contributed by atoms with Gasteiger partial charge in [-0.25, -0.2) is 8.42 Å². The van der Waals surface area contributed by atoms with Gasteiger partial charge in [0.25, 0.3) is 5.69 Å².